The van der Waals surface area contributed by atoms with Crippen LogP contribution in [0.4, 0.5) is 0 Å². The summed E-state index contributed by atoms with van der Waals surface area (Å²) >= 11 is 0. The van der Waals surface area contributed by atoms with Crippen LogP contribution in [-0.2, 0) is 9.53 Å². The molecule has 0 atom stereocenters. The molecule has 0 fully saturated rings. The first-order valence-electron chi connectivity index (χ1n) is 4.49. The van der Waals surface area contributed by atoms with Gasteiger partial charge in [-0.05, 0) is 12.8 Å². The van der Waals surface area contributed by atoms with E-state index >= 15 is 0 Å². The summed E-state index contributed by atoms with van der Waals surface area (Å²) in [6.07, 6.45) is 4.09. The van der Waals surface area contributed by atoms with Gasteiger partial charge in [0.2, 0.25) is 0 Å². The molecular formula is C9H20O3. The van der Waals surface area contributed by atoms with Gasteiger partial charge in [-0.2, -0.15) is 0 Å². The van der Waals surface area contributed by atoms with Crippen molar-refractivity contribution in [1.82, 2.24) is 0 Å². The molecule has 74 valence electrons. The van der Waals surface area contributed by atoms with Crippen molar-refractivity contribution in [3.05, 3.63) is 0 Å². The minimum atomic E-state index is 0.344. The van der Waals surface area contributed by atoms with E-state index in [1.807, 2.05) is 6.92 Å². The number of ether oxygens (including phenoxy) is 1. The van der Waals surface area contributed by atoms with E-state index < -0.39 is 0 Å². The molecule has 0 spiro atoms. The van der Waals surface area contributed by atoms with E-state index in [0.29, 0.717) is 19.7 Å². The van der Waals surface area contributed by atoms with Crippen LogP contribution in [0, 0.1) is 0 Å². The maximum atomic E-state index is 9.46. The zero-order valence-corrected chi connectivity index (χ0v) is 8.08. The molecule has 0 aromatic rings. The zero-order chi connectivity index (χ0) is 9.66. The smallest absolute Gasteiger partial charge is 0.293 e. The Morgan fingerprint density at radius 3 is 2.08 bits per heavy atom. The fourth-order valence-corrected chi connectivity index (χ4v) is 0.434. The largest absolute Gasteiger partial charge is 0.468 e. The summed E-state index contributed by atoms with van der Waals surface area (Å²) in [6.45, 7) is 5.50. The molecule has 3 nitrogen and oxygen atoms in total. The fourth-order valence-electron chi connectivity index (χ4n) is 0.434. The van der Waals surface area contributed by atoms with Gasteiger partial charge in [0, 0.05) is 6.61 Å². The first-order chi connectivity index (χ1) is 5.83. The van der Waals surface area contributed by atoms with Crippen molar-refractivity contribution in [2.75, 3.05) is 13.2 Å². The molecule has 0 aliphatic rings. The third-order valence-electron chi connectivity index (χ3n) is 1.20. The van der Waals surface area contributed by atoms with Crippen molar-refractivity contribution >= 4 is 6.47 Å². The minimum Gasteiger partial charge on any atom is -0.468 e. The summed E-state index contributed by atoms with van der Waals surface area (Å²) < 4.78 is 4.39. The Bertz CT molecular complexity index is 72.2. The van der Waals surface area contributed by atoms with Crippen molar-refractivity contribution in [2.45, 2.75) is 39.5 Å². The van der Waals surface area contributed by atoms with Gasteiger partial charge >= 0.3 is 0 Å². The maximum Gasteiger partial charge on any atom is 0.293 e. The van der Waals surface area contributed by atoms with Crippen molar-refractivity contribution in [3.8, 4) is 0 Å². The summed E-state index contributed by atoms with van der Waals surface area (Å²) in [4.78, 5) is 9.46. The molecule has 0 saturated carbocycles. The number of carbonyl (C=O) groups is 1. The molecule has 0 amide bonds. The number of rotatable bonds is 6. The number of carbonyl (C=O) groups excluding carboxylic acids is 1. The van der Waals surface area contributed by atoms with E-state index in [4.69, 9.17) is 5.11 Å². The van der Waals surface area contributed by atoms with Crippen molar-refractivity contribution < 1.29 is 14.6 Å². The van der Waals surface area contributed by atoms with E-state index in [2.05, 4.69) is 11.7 Å². The summed E-state index contributed by atoms with van der Waals surface area (Å²) in [5, 5.41) is 8.07. The van der Waals surface area contributed by atoms with Crippen LogP contribution in [0.5, 0.6) is 0 Å². The maximum absolute atomic E-state index is 9.46. The van der Waals surface area contributed by atoms with Crippen LogP contribution in [0.15, 0.2) is 0 Å². The lowest BCUT2D eigenvalue weighted by Crippen LogP contribution is -1.88. The number of unbranched alkanes of at least 4 members (excludes halogenated alkanes) is 2. The highest BCUT2D eigenvalue weighted by atomic mass is 16.5. The van der Waals surface area contributed by atoms with Gasteiger partial charge in [-0.15, -0.1) is 0 Å². The Labute approximate surface area is 74.7 Å². The van der Waals surface area contributed by atoms with E-state index in [0.717, 1.165) is 25.7 Å². The zero-order valence-electron chi connectivity index (χ0n) is 8.08. The molecule has 0 aliphatic heterocycles. The predicted octanol–water partition coefficient (Wildman–Crippen LogP) is 1.74. The Kier molecular flexibility index (Phi) is 19.6. The predicted molar refractivity (Wildman–Crippen MR) is 48.9 cm³/mol. The fraction of sp³-hybridized carbons (Fsp3) is 0.889. The molecule has 0 saturated heterocycles. The molecule has 1 N–H and O–H groups in total. The first-order valence-corrected chi connectivity index (χ1v) is 4.49. The van der Waals surface area contributed by atoms with Gasteiger partial charge in [0.25, 0.3) is 6.47 Å². The molecule has 3 heteroatoms. The Morgan fingerprint density at radius 1 is 1.25 bits per heavy atom. The monoisotopic (exact) mass is 176 g/mol. The second kappa shape index (κ2) is 16.8. The Morgan fingerprint density at radius 2 is 1.83 bits per heavy atom. The van der Waals surface area contributed by atoms with Crippen LogP contribution >= 0.6 is 0 Å². The molecule has 0 aliphatic carbocycles. The highest BCUT2D eigenvalue weighted by Crippen LogP contribution is 1.83. The van der Waals surface area contributed by atoms with E-state index in [1.165, 1.54) is 0 Å². The average Bonchev–Trinajstić information content (AvgIpc) is 2.08. The van der Waals surface area contributed by atoms with Crippen LogP contribution in [0.1, 0.15) is 39.5 Å². The molecule has 0 heterocycles. The van der Waals surface area contributed by atoms with Gasteiger partial charge in [-0.25, -0.2) is 0 Å². The second-order valence-electron chi connectivity index (χ2n) is 2.40. The first kappa shape index (κ1) is 14.0. The minimum absolute atomic E-state index is 0.344. The highest BCUT2D eigenvalue weighted by molar-refractivity contribution is 5.36. The lowest BCUT2D eigenvalue weighted by molar-refractivity contribution is -0.128. The Hall–Kier alpha value is -0.570. The van der Waals surface area contributed by atoms with Gasteiger partial charge in [-0.1, -0.05) is 26.7 Å². The van der Waals surface area contributed by atoms with Gasteiger partial charge in [0.15, 0.2) is 0 Å². The van der Waals surface area contributed by atoms with Gasteiger partial charge < -0.3 is 9.84 Å². The molecule has 0 aromatic heterocycles. The number of aliphatic hydroxyl groups excluding tert-OH is 1. The molecule has 12 heavy (non-hydrogen) atoms. The highest BCUT2D eigenvalue weighted by Gasteiger charge is 1.78. The molecule has 0 bridgehead atoms. The van der Waals surface area contributed by atoms with Gasteiger partial charge in [-0.3, -0.25) is 4.79 Å². The van der Waals surface area contributed by atoms with Crippen molar-refractivity contribution in [3.63, 3.8) is 0 Å². The SMILES string of the molecule is CCCCO.CCCCOC=O. The number of hydrogen-bond acceptors (Lipinski definition) is 3. The van der Waals surface area contributed by atoms with Crippen LogP contribution in [0.3, 0.4) is 0 Å². The van der Waals surface area contributed by atoms with Gasteiger partial charge in [0.1, 0.15) is 0 Å². The standard InChI is InChI=1S/C5H10O2.C4H10O/c1-2-3-4-7-5-6;1-2-3-4-5/h5H,2-4H2,1H3;5H,2-4H2,1H3. The molecule has 0 rings (SSSR count). The summed E-state index contributed by atoms with van der Waals surface area (Å²) in [7, 11) is 0. The Balaban J connectivity index is 0. The second-order valence-corrected chi connectivity index (χ2v) is 2.40. The van der Waals surface area contributed by atoms with E-state index in [-0.39, 0.29) is 0 Å². The number of hydrogen-bond donors (Lipinski definition) is 1. The summed E-state index contributed by atoms with van der Waals surface area (Å²) in [5.41, 5.74) is 0. The van der Waals surface area contributed by atoms with Crippen LogP contribution < -0.4 is 0 Å². The van der Waals surface area contributed by atoms with E-state index in [9.17, 15) is 4.79 Å². The quantitative estimate of drug-likeness (QED) is 0.495. The number of aliphatic hydroxyl groups is 1. The molecule has 0 unspecified atom stereocenters. The lowest BCUT2D eigenvalue weighted by atomic mass is 10.4. The average molecular weight is 176 g/mol. The molecule has 0 radical (unpaired) electrons. The summed E-state index contributed by atoms with van der Waals surface area (Å²) in [6, 6.07) is 0. The third-order valence-corrected chi connectivity index (χ3v) is 1.20. The van der Waals surface area contributed by atoms with Crippen molar-refractivity contribution in [1.29, 1.82) is 0 Å². The van der Waals surface area contributed by atoms with E-state index in [1.54, 1.807) is 0 Å². The molecule has 0 aromatic carbocycles. The summed E-state index contributed by atoms with van der Waals surface area (Å²) in [5.74, 6) is 0. The normalized spacial score (nSPS) is 8.25. The van der Waals surface area contributed by atoms with Crippen LogP contribution in [0.2, 0.25) is 0 Å². The topological polar surface area (TPSA) is 46.5 Å². The molecular weight excluding hydrogens is 156 g/mol. The van der Waals surface area contributed by atoms with Crippen LogP contribution in [0.25, 0.3) is 0 Å². The van der Waals surface area contributed by atoms with Gasteiger partial charge in [0.05, 0.1) is 6.61 Å². The van der Waals surface area contributed by atoms with Crippen molar-refractivity contribution in [2.24, 2.45) is 0 Å². The van der Waals surface area contributed by atoms with Crippen LogP contribution in [-0.4, -0.2) is 24.8 Å². The lowest BCUT2D eigenvalue weighted by Gasteiger charge is -1.90. The third kappa shape index (κ3) is 22.7.